The van der Waals surface area contributed by atoms with Crippen LogP contribution in [0.4, 0.5) is 9.59 Å². The lowest BCUT2D eigenvalue weighted by Crippen LogP contribution is -2.60. The summed E-state index contributed by atoms with van der Waals surface area (Å²) in [6.45, 7) is 9.03. The van der Waals surface area contributed by atoms with Gasteiger partial charge in [0, 0.05) is 29.6 Å². The second-order valence-corrected chi connectivity index (χ2v) is 15.9. The van der Waals surface area contributed by atoms with Gasteiger partial charge in [-0.05, 0) is 68.0 Å². The SMILES string of the molecule is COC(=O)NC(C(=O)NC(Cc1ccc(-c2ccccn2)cc1)C(O)CC(Cc1ccccc1)NC(=O)C(N(C)C(=O)O)C(C)(C)SC)C(C)(C)C. The minimum atomic E-state index is -1.24. The summed E-state index contributed by atoms with van der Waals surface area (Å²) in [6, 6.07) is 19.2. The van der Waals surface area contributed by atoms with Gasteiger partial charge in [-0.1, -0.05) is 81.4 Å². The number of nitrogens with zero attached hydrogens (tertiary/aromatic N) is 2. The van der Waals surface area contributed by atoms with E-state index < -0.39 is 64.4 Å². The molecule has 13 heteroatoms. The molecule has 2 aromatic carbocycles. The number of amides is 4. The van der Waals surface area contributed by atoms with Crippen LogP contribution in [-0.4, -0.2) is 99.5 Å². The Balaban J connectivity index is 1.99. The molecule has 0 aliphatic heterocycles. The van der Waals surface area contributed by atoms with E-state index in [2.05, 4.69) is 20.9 Å². The molecule has 1 heterocycles. The first kappa shape index (κ1) is 41.8. The largest absolute Gasteiger partial charge is 0.465 e. The van der Waals surface area contributed by atoms with Crippen LogP contribution in [0.1, 0.15) is 52.2 Å². The van der Waals surface area contributed by atoms with Gasteiger partial charge in [0.2, 0.25) is 11.8 Å². The number of nitrogens with one attached hydrogen (secondary N) is 3. The molecule has 0 bridgehead atoms. The zero-order valence-electron chi connectivity index (χ0n) is 31.3. The second kappa shape index (κ2) is 18.7. The number of thioether (sulfide) groups is 1. The summed E-state index contributed by atoms with van der Waals surface area (Å²) in [5, 5.41) is 30.5. The zero-order valence-corrected chi connectivity index (χ0v) is 32.1. The molecule has 0 aliphatic rings. The Hall–Kier alpha value is -4.62. The van der Waals surface area contributed by atoms with Crippen molar-refractivity contribution in [2.24, 2.45) is 5.41 Å². The van der Waals surface area contributed by atoms with Crippen molar-refractivity contribution in [1.82, 2.24) is 25.8 Å². The number of aromatic nitrogens is 1. The number of carbonyl (C=O) groups is 4. The molecular formula is C39H53N5O7S. The van der Waals surface area contributed by atoms with Gasteiger partial charge in [0.1, 0.15) is 12.1 Å². The standard InChI is InChI=1S/C39H53N5O7S/c1-38(2,3)32(43-36(48)51-7)34(46)42-30(23-26-17-19-27(20-18-26)29-16-12-13-21-40-29)31(45)24-28(22-25-14-10-9-11-15-25)41-35(47)33(39(4,5)52-8)44(6)37(49)50/h9-21,28,30-33,45H,22-24H2,1-8H3,(H,41,47)(H,42,46)(H,43,48)(H,49,50). The van der Waals surface area contributed by atoms with E-state index in [9.17, 15) is 29.4 Å². The molecule has 0 saturated carbocycles. The number of methoxy groups -OCH3 is 1. The summed E-state index contributed by atoms with van der Waals surface area (Å²) in [7, 11) is 2.58. The third-order valence-corrected chi connectivity index (χ3v) is 10.3. The average Bonchev–Trinajstić information content (AvgIpc) is 3.10. The van der Waals surface area contributed by atoms with E-state index in [4.69, 9.17) is 4.74 Å². The summed E-state index contributed by atoms with van der Waals surface area (Å²) in [5.41, 5.74) is 2.72. The van der Waals surface area contributed by atoms with Crippen LogP contribution in [0.5, 0.6) is 0 Å². The first-order chi connectivity index (χ1) is 24.5. The van der Waals surface area contributed by atoms with E-state index in [1.54, 1.807) is 40.8 Å². The molecule has 5 atom stereocenters. The lowest BCUT2D eigenvalue weighted by Gasteiger charge is -2.38. The molecule has 0 spiro atoms. The molecule has 3 aromatic rings. The van der Waals surface area contributed by atoms with Crippen LogP contribution in [0.15, 0.2) is 79.0 Å². The maximum absolute atomic E-state index is 14.0. The first-order valence-corrected chi connectivity index (χ1v) is 18.4. The fraction of sp³-hybridized carbons (Fsp3) is 0.462. The number of ether oxygens (including phenoxy) is 1. The van der Waals surface area contributed by atoms with Gasteiger partial charge in [-0.25, -0.2) is 9.59 Å². The smallest absolute Gasteiger partial charge is 0.407 e. The number of carbonyl (C=O) groups excluding carboxylic acids is 3. The molecule has 0 aliphatic carbocycles. The number of likely N-dealkylation sites (N-methyl/N-ethyl adjacent to an activating group) is 1. The second-order valence-electron chi connectivity index (χ2n) is 14.5. The summed E-state index contributed by atoms with van der Waals surface area (Å²) in [5.74, 6) is -1.02. The van der Waals surface area contributed by atoms with E-state index in [1.807, 2.05) is 79.1 Å². The highest BCUT2D eigenvalue weighted by Gasteiger charge is 2.41. The van der Waals surface area contributed by atoms with Gasteiger partial charge in [0.05, 0.1) is 24.9 Å². The van der Waals surface area contributed by atoms with Crippen molar-refractivity contribution in [3.8, 4) is 11.3 Å². The molecule has 52 heavy (non-hydrogen) atoms. The van der Waals surface area contributed by atoms with Crippen molar-refractivity contribution in [3.05, 3.63) is 90.1 Å². The number of carboxylic acid groups (broad SMARTS) is 1. The van der Waals surface area contributed by atoms with E-state index >= 15 is 0 Å². The molecule has 12 nitrogen and oxygen atoms in total. The number of aliphatic hydroxyl groups excluding tert-OH is 1. The Morgan fingerprint density at radius 3 is 2.00 bits per heavy atom. The van der Waals surface area contributed by atoms with Crippen LogP contribution in [0, 0.1) is 5.41 Å². The van der Waals surface area contributed by atoms with Crippen LogP contribution in [-0.2, 0) is 27.2 Å². The number of hydrogen-bond acceptors (Lipinski definition) is 8. The quantitative estimate of drug-likeness (QED) is 0.134. The van der Waals surface area contributed by atoms with E-state index in [1.165, 1.54) is 25.9 Å². The predicted octanol–water partition coefficient (Wildman–Crippen LogP) is 5.15. The highest BCUT2D eigenvalue weighted by molar-refractivity contribution is 8.00. The number of aliphatic hydroxyl groups is 1. The fourth-order valence-electron chi connectivity index (χ4n) is 6.01. The van der Waals surface area contributed by atoms with Gasteiger partial charge in [-0.2, -0.15) is 11.8 Å². The highest BCUT2D eigenvalue weighted by atomic mass is 32.2. The monoisotopic (exact) mass is 735 g/mol. The number of alkyl carbamates (subject to hydrolysis) is 1. The lowest BCUT2D eigenvalue weighted by molar-refractivity contribution is -0.128. The lowest BCUT2D eigenvalue weighted by atomic mass is 9.85. The molecule has 1 aromatic heterocycles. The topological polar surface area (TPSA) is 170 Å². The molecule has 4 amide bonds. The van der Waals surface area contributed by atoms with Crippen molar-refractivity contribution < 1.29 is 34.1 Å². The third-order valence-electron chi connectivity index (χ3n) is 9.06. The minimum Gasteiger partial charge on any atom is -0.465 e. The van der Waals surface area contributed by atoms with E-state index in [0.717, 1.165) is 27.3 Å². The molecule has 5 unspecified atom stereocenters. The normalized spacial score (nSPS) is 14.6. The van der Waals surface area contributed by atoms with Crippen molar-refractivity contribution in [3.63, 3.8) is 0 Å². The number of hydrogen-bond donors (Lipinski definition) is 5. The molecule has 282 valence electrons. The maximum atomic E-state index is 14.0. The van der Waals surface area contributed by atoms with Gasteiger partial charge < -0.3 is 30.9 Å². The molecule has 3 rings (SSSR count). The van der Waals surface area contributed by atoms with Gasteiger partial charge in [-0.3, -0.25) is 19.5 Å². The predicted molar refractivity (Wildman–Crippen MR) is 204 cm³/mol. The van der Waals surface area contributed by atoms with Crippen molar-refractivity contribution in [2.75, 3.05) is 20.4 Å². The molecular weight excluding hydrogens is 683 g/mol. The van der Waals surface area contributed by atoms with Crippen LogP contribution >= 0.6 is 11.8 Å². The number of rotatable bonds is 16. The number of pyridine rings is 1. The van der Waals surface area contributed by atoms with Crippen LogP contribution < -0.4 is 16.0 Å². The average molecular weight is 736 g/mol. The Morgan fingerprint density at radius 1 is 0.846 bits per heavy atom. The first-order valence-electron chi connectivity index (χ1n) is 17.1. The van der Waals surface area contributed by atoms with Crippen molar-refractivity contribution >= 4 is 35.8 Å². The Morgan fingerprint density at radius 2 is 1.46 bits per heavy atom. The van der Waals surface area contributed by atoms with Gasteiger partial charge in [-0.15, -0.1) is 0 Å². The van der Waals surface area contributed by atoms with E-state index in [-0.39, 0.29) is 12.8 Å². The maximum Gasteiger partial charge on any atom is 0.407 e. The Labute approximate surface area is 311 Å². The van der Waals surface area contributed by atoms with Gasteiger partial charge >= 0.3 is 12.2 Å². The van der Waals surface area contributed by atoms with Crippen LogP contribution in [0.25, 0.3) is 11.3 Å². The summed E-state index contributed by atoms with van der Waals surface area (Å²) in [6.07, 6.45) is 0.915. The molecule has 5 N–H and O–H groups in total. The Kier molecular flexibility index (Phi) is 15.1. The fourth-order valence-corrected chi connectivity index (χ4v) is 6.50. The summed E-state index contributed by atoms with van der Waals surface area (Å²) >= 11 is 1.37. The third kappa shape index (κ3) is 12.0. The van der Waals surface area contributed by atoms with Gasteiger partial charge in [0.15, 0.2) is 0 Å². The van der Waals surface area contributed by atoms with Gasteiger partial charge in [0.25, 0.3) is 0 Å². The molecule has 0 fully saturated rings. The molecule has 0 radical (unpaired) electrons. The molecule has 0 saturated heterocycles. The zero-order chi connectivity index (χ0) is 38.6. The van der Waals surface area contributed by atoms with Crippen LogP contribution in [0.2, 0.25) is 0 Å². The Bertz CT molecular complexity index is 1620. The number of benzene rings is 2. The van der Waals surface area contributed by atoms with Crippen molar-refractivity contribution in [2.45, 2.75) is 88.9 Å². The van der Waals surface area contributed by atoms with Crippen LogP contribution in [0.3, 0.4) is 0 Å². The van der Waals surface area contributed by atoms with E-state index in [0.29, 0.717) is 6.42 Å². The highest BCUT2D eigenvalue weighted by Crippen LogP contribution is 2.30. The minimum absolute atomic E-state index is 0.0193. The summed E-state index contributed by atoms with van der Waals surface area (Å²) < 4.78 is 4.01. The van der Waals surface area contributed by atoms with Crippen molar-refractivity contribution in [1.29, 1.82) is 0 Å². The summed E-state index contributed by atoms with van der Waals surface area (Å²) in [4.78, 5) is 57.5.